The molecule has 1 saturated carbocycles. The Morgan fingerprint density at radius 2 is 1.54 bits per heavy atom. The highest BCUT2D eigenvalue weighted by atomic mass is 17.2. The summed E-state index contributed by atoms with van der Waals surface area (Å²) in [4.78, 5) is 22.6. The van der Waals surface area contributed by atoms with Gasteiger partial charge in [0.15, 0.2) is 0 Å². The Morgan fingerprint density at radius 1 is 0.875 bits per heavy atom. The van der Waals surface area contributed by atoms with E-state index in [9.17, 15) is 4.79 Å². The fourth-order valence-corrected chi connectivity index (χ4v) is 3.17. The smallest absolute Gasteiger partial charge is 0.293 e. The van der Waals surface area contributed by atoms with Crippen molar-refractivity contribution in [3.05, 3.63) is 60.2 Å². The van der Waals surface area contributed by atoms with Crippen LogP contribution in [0.1, 0.15) is 43.5 Å². The van der Waals surface area contributed by atoms with E-state index in [1.165, 1.54) is 0 Å². The molecule has 0 aromatic heterocycles. The molecule has 3 rings (SSSR count). The molecule has 0 bridgehead atoms. The summed E-state index contributed by atoms with van der Waals surface area (Å²) in [6.07, 6.45) is 3.03. The van der Waals surface area contributed by atoms with Crippen LogP contribution < -0.4 is 0 Å². The predicted octanol–water partition coefficient (Wildman–Crippen LogP) is 5.27. The molecule has 1 aliphatic carbocycles. The van der Waals surface area contributed by atoms with Gasteiger partial charge in [-0.2, -0.15) is 4.89 Å². The van der Waals surface area contributed by atoms with Crippen LogP contribution in [-0.2, 0) is 9.78 Å². The van der Waals surface area contributed by atoms with Crippen LogP contribution >= 0.6 is 0 Å². The first-order valence-corrected chi connectivity index (χ1v) is 8.66. The molecule has 24 heavy (non-hydrogen) atoms. The van der Waals surface area contributed by atoms with Gasteiger partial charge in [0.1, 0.15) is 6.10 Å². The van der Waals surface area contributed by atoms with Crippen molar-refractivity contribution in [2.24, 2.45) is 11.8 Å². The van der Waals surface area contributed by atoms with E-state index in [0.29, 0.717) is 17.4 Å². The summed E-state index contributed by atoms with van der Waals surface area (Å²) in [5.41, 5.74) is 2.70. The summed E-state index contributed by atoms with van der Waals surface area (Å²) in [5, 5.41) is 0. The molecule has 1 fully saturated rings. The van der Waals surface area contributed by atoms with E-state index in [0.717, 1.165) is 30.4 Å². The Kier molecular flexibility index (Phi) is 5.31. The molecule has 0 heterocycles. The topological polar surface area (TPSA) is 35.5 Å². The van der Waals surface area contributed by atoms with Crippen molar-refractivity contribution < 1.29 is 14.6 Å². The fourth-order valence-electron chi connectivity index (χ4n) is 3.17. The van der Waals surface area contributed by atoms with Crippen LogP contribution in [0.5, 0.6) is 0 Å². The van der Waals surface area contributed by atoms with Gasteiger partial charge in [-0.3, -0.25) is 4.89 Å². The second-order valence-corrected chi connectivity index (χ2v) is 6.80. The Labute approximate surface area is 143 Å². The molecule has 3 nitrogen and oxygen atoms in total. The van der Waals surface area contributed by atoms with Gasteiger partial charge in [0.05, 0.1) is 5.56 Å². The van der Waals surface area contributed by atoms with E-state index in [-0.39, 0.29) is 6.10 Å². The van der Waals surface area contributed by atoms with Gasteiger partial charge in [0.2, 0.25) is 0 Å². The van der Waals surface area contributed by atoms with E-state index in [2.05, 4.69) is 13.8 Å². The maximum Gasteiger partial charge on any atom is 0.373 e. The molecule has 0 aliphatic heterocycles. The van der Waals surface area contributed by atoms with Crippen LogP contribution in [0.3, 0.4) is 0 Å². The number of rotatable bonds is 4. The number of hydrogen-bond donors (Lipinski definition) is 0. The first-order valence-electron chi connectivity index (χ1n) is 8.66. The summed E-state index contributed by atoms with van der Waals surface area (Å²) in [7, 11) is 0. The third kappa shape index (κ3) is 4.04. The normalized spacial score (nSPS) is 23.7. The van der Waals surface area contributed by atoms with Crippen molar-refractivity contribution >= 4 is 5.97 Å². The van der Waals surface area contributed by atoms with E-state index in [4.69, 9.17) is 9.78 Å². The molecule has 0 N–H and O–H groups in total. The van der Waals surface area contributed by atoms with Crippen molar-refractivity contribution in [1.29, 1.82) is 0 Å². The monoisotopic (exact) mass is 324 g/mol. The van der Waals surface area contributed by atoms with Gasteiger partial charge in [0, 0.05) is 0 Å². The summed E-state index contributed by atoms with van der Waals surface area (Å²) < 4.78 is 0. The molecule has 3 unspecified atom stereocenters. The van der Waals surface area contributed by atoms with E-state index >= 15 is 0 Å². The van der Waals surface area contributed by atoms with Gasteiger partial charge >= 0.3 is 5.97 Å². The molecule has 3 atom stereocenters. The first-order chi connectivity index (χ1) is 11.6. The number of benzene rings is 2. The Balaban J connectivity index is 1.56. The number of carbonyl (C=O) groups is 1. The molecule has 2 aromatic rings. The summed E-state index contributed by atoms with van der Waals surface area (Å²) in [5.74, 6) is 0.888. The van der Waals surface area contributed by atoms with E-state index in [1.807, 2.05) is 42.5 Å². The Hall–Kier alpha value is -2.13. The highest BCUT2D eigenvalue weighted by Gasteiger charge is 2.26. The second kappa shape index (κ2) is 7.63. The molecule has 1 aliphatic rings. The third-order valence-electron chi connectivity index (χ3n) is 5.04. The minimum Gasteiger partial charge on any atom is -0.293 e. The van der Waals surface area contributed by atoms with E-state index < -0.39 is 5.97 Å². The Bertz CT molecular complexity index is 663. The van der Waals surface area contributed by atoms with Crippen molar-refractivity contribution in [2.45, 2.75) is 39.2 Å². The fraction of sp³-hybridized carbons (Fsp3) is 0.381. The highest BCUT2D eigenvalue weighted by Crippen LogP contribution is 2.31. The molecule has 2 aromatic carbocycles. The zero-order valence-electron chi connectivity index (χ0n) is 14.3. The first kappa shape index (κ1) is 16.7. The minimum absolute atomic E-state index is 0.0174. The van der Waals surface area contributed by atoms with Crippen LogP contribution in [0.15, 0.2) is 54.6 Å². The predicted molar refractivity (Wildman–Crippen MR) is 94.3 cm³/mol. The van der Waals surface area contributed by atoms with Gasteiger partial charge in [-0.05, 0) is 54.4 Å². The van der Waals surface area contributed by atoms with Gasteiger partial charge < -0.3 is 0 Å². The molecular weight excluding hydrogens is 300 g/mol. The lowest BCUT2D eigenvalue weighted by Gasteiger charge is -2.30. The lowest BCUT2D eigenvalue weighted by atomic mass is 9.80. The minimum atomic E-state index is -0.430. The molecule has 126 valence electrons. The average Bonchev–Trinajstić information content (AvgIpc) is 2.63. The number of hydrogen-bond acceptors (Lipinski definition) is 3. The van der Waals surface area contributed by atoms with Crippen molar-refractivity contribution in [3.8, 4) is 11.1 Å². The summed E-state index contributed by atoms with van der Waals surface area (Å²) in [6, 6.07) is 17.5. The maximum atomic E-state index is 12.1. The molecule has 3 heteroatoms. The average molecular weight is 324 g/mol. The van der Waals surface area contributed by atoms with Crippen molar-refractivity contribution in [1.82, 2.24) is 0 Å². The quantitative estimate of drug-likeness (QED) is 0.568. The van der Waals surface area contributed by atoms with Crippen LogP contribution in [-0.4, -0.2) is 12.1 Å². The van der Waals surface area contributed by atoms with Crippen molar-refractivity contribution in [3.63, 3.8) is 0 Å². The van der Waals surface area contributed by atoms with Crippen molar-refractivity contribution in [2.75, 3.05) is 0 Å². The SMILES string of the molecule is CC1CCC(OOC(=O)c2ccc(-c3ccccc3)cc2)CC1C. The van der Waals surface area contributed by atoms with Gasteiger partial charge in [0.25, 0.3) is 0 Å². The highest BCUT2D eigenvalue weighted by molar-refractivity contribution is 5.89. The zero-order valence-corrected chi connectivity index (χ0v) is 14.3. The summed E-state index contributed by atoms with van der Waals surface area (Å²) >= 11 is 0. The van der Waals surface area contributed by atoms with Crippen LogP contribution in [0.4, 0.5) is 0 Å². The van der Waals surface area contributed by atoms with Gasteiger partial charge in [-0.1, -0.05) is 56.3 Å². The van der Waals surface area contributed by atoms with Gasteiger partial charge in [-0.25, -0.2) is 4.79 Å². The summed E-state index contributed by atoms with van der Waals surface area (Å²) in [6.45, 7) is 4.49. The molecule has 0 radical (unpaired) electrons. The largest absolute Gasteiger partial charge is 0.373 e. The molecule has 0 amide bonds. The molecular formula is C21H24O3. The van der Waals surface area contributed by atoms with Gasteiger partial charge in [-0.15, -0.1) is 0 Å². The third-order valence-corrected chi connectivity index (χ3v) is 5.04. The second-order valence-electron chi connectivity index (χ2n) is 6.80. The lowest BCUT2D eigenvalue weighted by molar-refractivity contribution is -0.283. The lowest BCUT2D eigenvalue weighted by Crippen LogP contribution is -2.27. The van der Waals surface area contributed by atoms with Crippen LogP contribution in [0, 0.1) is 11.8 Å². The number of carbonyl (C=O) groups excluding carboxylic acids is 1. The Morgan fingerprint density at radius 3 is 2.21 bits per heavy atom. The molecule has 0 saturated heterocycles. The van der Waals surface area contributed by atoms with Crippen LogP contribution in [0.2, 0.25) is 0 Å². The van der Waals surface area contributed by atoms with E-state index in [1.54, 1.807) is 12.1 Å². The zero-order chi connectivity index (χ0) is 16.9. The van der Waals surface area contributed by atoms with Crippen LogP contribution in [0.25, 0.3) is 11.1 Å². The standard InChI is InChI=1S/C21H24O3/c1-15-8-13-20(14-16(15)2)23-24-21(22)19-11-9-18(10-12-19)17-6-4-3-5-7-17/h3-7,9-12,15-16,20H,8,13-14H2,1-2H3. The maximum absolute atomic E-state index is 12.1. The molecule has 0 spiro atoms.